The van der Waals surface area contributed by atoms with Crippen LogP contribution in [0.15, 0.2) is 18.2 Å². The Morgan fingerprint density at radius 3 is 2.33 bits per heavy atom. The highest BCUT2D eigenvalue weighted by molar-refractivity contribution is 6.31. The SMILES string of the molecule is CCCCCCCCCCNC(=O)c1ccc(Cl)cc1N. The summed E-state index contributed by atoms with van der Waals surface area (Å²) in [5.74, 6) is -0.118. The molecule has 0 aliphatic carbocycles. The quantitative estimate of drug-likeness (QED) is 0.482. The molecular weight excluding hydrogens is 284 g/mol. The third kappa shape index (κ3) is 7.37. The number of halogens is 1. The van der Waals surface area contributed by atoms with Gasteiger partial charge in [-0.3, -0.25) is 4.79 Å². The van der Waals surface area contributed by atoms with Crippen LogP contribution in [0.25, 0.3) is 0 Å². The van der Waals surface area contributed by atoms with Crippen LogP contribution in [0.3, 0.4) is 0 Å². The maximum absolute atomic E-state index is 11.9. The van der Waals surface area contributed by atoms with E-state index in [-0.39, 0.29) is 5.91 Å². The summed E-state index contributed by atoms with van der Waals surface area (Å²) in [5, 5.41) is 3.46. The molecule has 0 aliphatic rings. The van der Waals surface area contributed by atoms with E-state index in [1.165, 1.54) is 44.9 Å². The first kappa shape index (κ1) is 17.8. The van der Waals surface area contributed by atoms with Gasteiger partial charge in [-0.15, -0.1) is 0 Å². The van der Waals surface area contributed by atoms with Crippen molar-refractivity contribution < 1.29 is 4.79 Å². The molecule has 3 nitrogen and oxygen atoms in total. The summed E-state index contributed by atoms with van der Waals surface area (Å²) in [6.45, 7) is 2.94. The summed E-state index contributed by atoms with van der Waals surface area (Å²) in [4.78, 5) is 11.9. The fourth-order valence-electron chi connectivity index (χ4n) is 2.30. The Kier molecular flexibility index (Phi) is 8.91. The van der Waals surface area contributed by atoms with Crippen molar-refractivity contribution in [3.05, 3.63) is 28.8 Å². The number of unbranched alkanes of at least 4 members (excludes halogenated alkanes) is 7. The largest absolute Gasteiger partial charge is 0.398 e. The Hall–Kier alpha value is -1.22. The van der Waals surface area contributed by atoms with Crippen molar-refractivity contribution in [2.75, 3.05) is 12.3 Å². The first-order chi connectivity index (χ1) is 10.1. The molecule has 118 valence electrons. The monoisotopic (exact) mass is 310 g/mol. The van der Waals surface area contributed by atoms with E-state index < -0.39 is 0 Å². The minimum absolute atomic E-state index is 0.118. The van der Waals surface area contributed by atoms with E-state index in [1.807, 2.05) is 0 Å². The van der Waals surface area contributed by atoms with Gasteiger partial charge < -0.3 is 11.1 Å². The molecule has 0 bridgehead atoms. The molecule has 0 aliphatic heterocycles. The van der Waals surface area contributed by atoms with E-state index in [0.29, 0.717) is 22.8 Å². The predicted octanol–water partition coefficient (Wildman–Crippen LogP) is 4.79. The minimum atomic E-state index is -0.118. The lowest BCUT2D eigenvalue weighted by Gasteiger charge is -2.08. The fraction of sp³-hybridized carbons (Fsp3) is 0.588. The van der Waals surface area contributed by atoms with Crippen molar-refractivity contribution in [2.45, 2.75) is 58.3 Å². The van der Waals surface area contributed by atoms with Crippen molar-refractivity contribution >= 4 is 23.2 Å². The van der Waals surface area contributed by atoms with Gasteiger partial charge in [0, 0.05) is 17.3 Å². The number of nitrogen functional groups attached to an aromatic ring is 1. The number of rotatable bonds is 10. The Morgan fingerprint density at radius 1 is 1.10 bits per heavy atom. The number of nitrogens with two attached hydrogens (primary N) is 1. The molecule has 1 aromatic rings. The summed E-state index contributed by atoms with van der Waals surface area (Å²) in [7, 11) is 0. The van der Waals surface area contributed by atoms with Gasteiger partial charge in [0.05, 0.1) is 5.56 Å². The standard InChI is InChI=1S/C17H27ClN2O/c1-2-3-4-5-6-7-8-9-12-20-17(21)15-11-10-14(18)13-16(15)19/h10-11,13H,2-9,12,19H2,1H3,(H,20,21). The molecular formula is C17H27ClN2O. The van der Waals surface area contributed by atoms with E-state index in [1.54, 1.807) is 18.2 Å². The van der Waals surface area contributed by atoms with E-state index in [2.05, 4.69) is 12.2 Å². The molecule has 1 amide bonds. The van der Waals surface area contributed by atoms with Crippen molar-refractivity contribution in [1.29, 1.82) is 0 Å². The smallest absolute Gasteiger partial charge is 0.253 e. The van der Waals surface area contributed by atoms with Gasteiger partial charge in [-0.25, -0.2) is 0 Å². The summed E-state index contributed by atoms with van der Waals surface area (Å²) in [6, 6.07) is 4.95. The fourth-order valence-corrected chi connectivity index (χ4v) is 2.48. The number of hydrogen-bond donors (Lipinski definition) is 2. The maximum Gasteiger partial charge on any atom is 0.253 e. The summed E-state index contributed by atoms with van der Waals surface area (Å²) < 4.78 is 0. The van der Waals surface area contributed by atoms with E-state index >= 15 is 0 Å². The van der Waals surface area contributed by atoms with Crippen LogP contribution in [-0.2, 0) is 0 Å². The topological polar surface area (TPSA) is 55.1 Å². The molecule has 0 radical (unpaired) electrons. The van der Waals surface area contributed by atoms with Gasteiger partial charge in [-0.1, -0.05) is 63.5 Å². The van der Waals surface area contributed by atoms with E-state index in [9.17, 15) is 4.79 Å². The first-order valence-corrected chi connectivity index (χ1v) is 8.36. The molecule has 0 saturated carbocycles. The van der Waals surface area contributed by atoms with E-state index in [0.717, 1.165) is 6.42 Å². The molecule has 3 N–H and O–H groups in total. The lowest BCUT2D eigenvalue weighted by atomic mass is 10.1. The molecule has 0 saturated heterocycles. The second-order valence-corrected chi connectivity index (χ2v) is 5.90. The Morgan fingerprint density at radius 2 is 1.71 bits per heavy atom. The van der Waals surface area contributed by atoms with Gasteiger partial charge in [-0.2, -0.15) is 0 Å². The van der Waals surface area contributed by atoms with Crippen LogP contribution in [-0.4, -0.2) is 12.5 Å². The molecule has 0 spiro atoms. The molecule has 0 atom stereocenters. The molecule has 4 heteroatoms. The van der Waals surface area contributed by atoms with Crippen molar-refractivity contribution in [2.24, 2.45) is 0 Å². The second kappa shape index (κ2) is 10.5. The average Bonchev–Trinajstić information content (AvgIpc) is 2.45. The molecule has 21 heavy (non-hydrogen) atoms. The van der Waals surface area contributed by atoms with Crippen LogP contribution in [0.5, 0.6) is 0 Å². The molecule has 0 aromatic heterocycles. The van der Waals surface area contributed by atoms with Gasteiger partial charge in [0.2, 0.25) is 0 Å². The lowest BCUT2D eigenvalue weighted by molar-refractivity contribution is 0.0954. The first-order valence-electron chi connectivity index (χ1n) is 7.98. The van der Waals surface area contributed by atoms with Crippen LogP contribution in [0.1, 0.15) is 68.6 Å². The van der Waals surface area contributed by atoms with Crippen LogP contribution >= 0.6 is 11.6 Å². The number of amides is 1. The average molecular weight is 311 g/mol. The molecule has 0 fully saturated rings. The van der Waals surface area contributed by atoms with Crippen LogP contribution in [0.2, 0.25) is 5.02 Å². The predicted molar refractivity (Wildman–Crippen MR) is 90.8 cm³/mol. The van der Waals surface area contributed by atoms with Gasteiger partial charge in [0.25, 0.3) is 5.91 Å². The van der Waals surface area contributed by atoms with Gasteiger partial charge >= 0.3 is 0 Å². The number of anilines is 1. The van der Waals surface area contributed by atoms with Gasteiger partial charge in [-0.05, 0) is 24.6 Å². The van der Waals surface area contributed by atoms with Gasteiger partial charge in [0.15, 0.2) is 0 Å². The van der Waals surface area contributed by atoms with Crippen molar-refractivity contribution in [1.82, 2.24) is 5.32 Å². The maximum atomic E-state index is 11.9. The second-order valence-electron chi connectivity index (χ2n) is 5.46. The Bertz CT molecular complexity index is 435. The Balaban J connectivity index is 2.11. The van der Waals surface area contributed by atoms with Crippen LogP contribution in [0, 0.1) is 0 Å². The Labute approximate surface area is 133 Å². The molecule has 0 heterocycles. The number of carbonyl (C=O) groups is 1. The summed E-state index contributed by atoms with van der Waals surface area (Å²) >= 11 is 5.82. The zero-order chi connectivity index (χ0) is 15.5. The van der Waals surface area contributed by atoms with Crippen molar-refractivity contribution in [3.63, 3.8) is 0 Å². The third-order valence-corrected chi connectivity index (χ3v) is 3.81. The number of hydrogen-bond acceptors (Lipinski definition) is 2. The number of carbonyl (C=O) groups excluding carboxylic acids is 1. The highest BCUT2D eigenvalue weighted by atomic mass is 35.5. The molecule has 1 rings (SSSR count). The third-order valence-electron chi connectivity index (χ3n) is 3.57. The highest BCUT2D eigenvalue weighted by Crippen LogP contribution is 2.17. The summed E-state index contributed by atoms with van der Waals surface area (Å²) in [5.41, 5.74) is 6.71. The van der Waals surface area contributed by atoms with Crippen LogP contribution in [0.4, 0.5) is 5.69 Å². The zero-order valence-electron chi connectivity index (χ0n) is 13.0. The molecule has 1 aromatic carbocycles. The number of nitrogens with one attached hydrogen (secondary N) is 1. The van der Waals surface area contributed by atoms with Crippen LogP contribution < -0.4 is 11.1 Å². The number of benzene rings is 1. The molecule has 0 unspecified atom stereocenters. The lowest BCUT2D eigenvalue weighted by Crippen LogP contribution is -2.25. The van der Waals surface area contributed by atoms with Gasteiger partial charge in [0.1, 0.15) is 0 Å². The van der Waals surface area contributed by atoms with E-state index in [4.69, 9.17) is 17.3 Å². The zero-order valence-corrected chi connectivity index (χ0v) is 13.7. The normalized spacial score (nSPS) is 10.6. The highest BCUT2D eigenvalue weighted by Gasteiger charge is 2.08. The summed E-state index contributed by atoms with van der Waals surface area (Å²) in [6.07, 6.45) is 10.1. The van der Waals surface area contributed by atoms with Crippen molar-refractivity contribution in [3.8, 4) is 0 Å². The minimum Gasteiger partial charge on any atom is -0.398 e.